The van der Waals surface area contributed by atoms with Crippen molar-refractivity contribution < 1.29 is 13.2 Å². The number of amides is 1. The minimum Gasteiger partial charge on any atom is -0.338 e. The van der Waals surface area contributed by atoms with E-state index in [-0.39, 0.29) is 11.8 Å². The highest BCUT2D eigenvalue weighted by atomic mass is 32.2. The van der Waals surface area contributed by atoms with Gasteiger partial charge in [0.2, 0.25) is 0 Å². The largest absolute Gasteiger partial charge is 0.338 e. The molecule has 0 aliphatic carbocycles. The lowest BCUT2D eigenvalue weighted by Gasteiger charge is -2.32. The summed E-state index contributed by atoms with van der Waals surface area (Å²) in [5.74, 6) is 0.135. The monoisotopic (exact) mass is 350 g/mol. The molecule has 1 fully saturated rings. The van der Waals surface area contributed by atoms with E-state index in [2.05, 4.69) is 4.98 Å². The third-order valence-electron chi connectivity index (χ3n) is 4.10. The first-order valence-electron chi connectivity index (χ1n) is 7.44. The van der Waals surface area contributed by atoms with E-state index in [9.17, 15) is 13.2 Å². The van der Waals surface area contributed by atoms with Gasteiger partial charge in [0.1, 0.15) is 0 Å². The molecule has 7 heteroatoms. The fourth-order valence-electron chi connectivity index (χ4n) is 2.94. The Morgan fingerprint density at radius 1 is 1.26 bits per heavy atom. The Bertz CT molecular complexity index is 792. The first-order chi connectivity index (χ1) is 11.0. The summed E-state index contributed by atoms with van der Waals surface area (Å²) in [6, 6.07) is 6.96. The molecule has 5 nitrogen and oxygen atoms in total. The van der Waals surface area contributed by atoms with Crippen molar-refractivity contribution >= 4 is 27.1 Å². The maximum atomic E-state index is 12.4. The molecule has 0 radical (unpaired) electrons. The number of carbonyl (C=O) groups is 1. The van der Waals surface area contributed by atoms with Crippen LogP contribution >= 0.6 is 11.3 Å². The Morgan fingerprint density at radius 3 is 2.61 bits per heavy atom. The first-order valence-corrected chi connectivity index (χ1v) is 10.2. The van der Waals surface area contributed by atoms with E-state index in [1.165, 1.54) is 17.6 Å². The predicted molar refractivity (Wildman–Crippen MR) is 89.5 cm³/mol. The minimum absolute atomic E-state index is 0.0582. The second-order valence-corrected chi connectivity index (χ2v) is 8.63. The van der Waals surface area contributed by atoms with Crippen LogP contribution in [0.3, 0.4) is 0 Å². The van der Waals surface area contributed by atoms with Crippen LogP contribution in [-0.4, -0.2) is 43.6 Å². The van der Waals surface area contributed by atoms with Gasteiger partial charge in [-0.15, -0.1) is 11.3 Å². The molecule has 1 aliphatic heterocycles. The molecule has 2 aromatic rings. The van der Waals surface area contributed by atoms with E-state index < -0.39 is 9.84 Å². The third kappa shape index (κ3) is 3.45. The molecule has 0 N–H and O–H groups in total. The lowest BCUT2D eigenvalue weighted by molar-refractivity contribution is 0.0716. The molecule has 2 aromatic heterocycles. The smallest absolute Gasteiger partial charge is 0.263 e. The standard InChI is InChI=1S/C16H18N2O3S2/c1-23(20,21)14-5-2-8-17-15(14)12-6-9-18(10-7-12)16(19)13-4-3-11-22-13/h2-5,8,11-12H,6-7,9-10H2,1H3. The van der Waals surface area contributed by atoms with Gasteiger partial charge in [0.15, 0.2) is 9.84 Å². The average Bonchev–Trinajstić information content (AvgIpc) is 3.08. The summed E-state index contributed by atoms with van der Waals surface area (Å²) in [4.78, 5) is 19.6. The van der Waals surface area contributed by atoms with Crippen LogP contribution in [0.25, 0.3) is 0 Å². The summed E-state index contributed by atoms with van der Waals surface area (Å²) in [5, 5.41) is 1.90. The molecule has 1 saturated heterocycles. The Hall–Kier alpha value is -1.73. The molecule has 122 valence electrons. The van der Waals surface area contributed by atoms with Gasteiger partial charge in [-0.05, 0) is 36.4 Å². The number of thiophene rings is 1. The number of rotatable bonds is 3. The fourth-order valence-corrected chi connectivity index (χ4v) is 4.55. The zero-order valence-electron chi connectivity index (χ0n) is 12.8. The van der Waals surface area contributed by atoms with Crippen molar-refractivity contribution in [3.8, 4) is 0 Å². The molecule has 0 unspecified atom stereocenters. The van der Waals surface area contributed by atoms with E-state index in [0.717, 1.165) is 17.7 Å². The number of hydrogen-bond acceptors (Lipinski definition) is 5. The Kier molecular flexibility index (Phi) is 4.50. The van der Waals surface area contributed by atoms with Crippen LogP contribution in [0.5, 0.6) is 0 Å². The lowest BCUT2D eigenvalue weighted by atomic mass is 9.93. The molecule has 0 atom stereocenters. The second-order valence-electron chi connectivity index (χ2n) is 5.70. The van der Waals surface area contributed by atoms with E-state index in [1.54, 1.807) is 18.3 Å². The van der Waals surface area contributed by atoms with Crippen LogP contribution in [0.15, 0.2) is 40.7 Å². The quantitative estimate of drug-likeness (QED) is 0.853. The molecule has 0 saturated carbocycles. The van der Waals surface area contributed by atoms with Crippen molar-refractivity contribution in [2.45, 2.75) is 23.7 Å². The fraction of sp³-hybridized carbons (Fsp3) is 0.375. The Labute approximate surface area is 139 Å². The summed E-state index contributed by atoms with van der Waals surface area (Å²) in [7, 11) is -3.29. The molecule has 0 spiro atoms. The normalized spacial score (nSPS) is 16.5. The van der Waals surface area contributed by atoms with Gasteiger partial charge in [-0.2, -0.15) is 0 Å². The maximum Gasteiger partial charge on any atom is 0.263 e. The van der Waals surface area contributed by atoms with Crippen LogP contribution < -0.4 is 0 Å². The summed E-state index contributed by atoms with van der Waals surface area (Å²) in [5.41, 5.74) is 0.637. The van der Waals surface area contributed by atoms with E-state index in [1.807, 2.05) is 22.4 Å². The van der Waals surface area contributed by atoms with E-state index >= 15 is 0 Å². The van der Waals surface area contributed by atoms with Crippen molar-refractivity contribution in [2.24, 2.45) is 0 Å². The molecular weight excluding hydrogens is 332 g/mol. The van der Waals surface area contributed by atoms with Gasteiger partial charge in [0.05, 0.1) is 15.5 Å². The Morgan fingerprint density at radius 2 is 2.00 bits per heavy atom. The number of aromatic nitrogens is 1. The molecule has 1 amide bonds. The molecule has 23 heavy (non-hydrogen) atoms. The molecule has 3 rings (SSSR count). The molecule has 3 heterocycles. The Balaban J connectivity index is 1.74. The van der Waals surface area contributed by atoms with Gasteiger partial charge >= 0.3 is 0 Å². The van der Waals surface area contributed by atoms with Crippen LogP contribution in [0.4, 0.5) is 0 Å². The van der Waals surface area contributed by atoms with Crippen LogP contribution in [-0.2, 0) is 9.84 Å². The highest BCUT2D eigenvalue weighted by Crippen LogP contribution is 2.31. The summed E-state index contributed by atoms with van der Waals surface area (Å²) < 4.78 is 23.8. The van der Waals surface area contributed by atoms with Crippen molar-refractivity contribution in [3.63, 3.8) is 0 Å². The van der Waals surface area contributed by atoms with Gasteiger partial charge < -0.3 is 4.90 Å². The van der Waals surface area contributed by atoms with Crippen LogP contribution in [0.1, 0.15) is 34.1 Å². The van der Waals surface area contributed by atoms with Gasteiger partial charge in [-0.3, -0.25) is 9.78 Å². The average molecular weight is 350 g/mol. The molecular formula is C16H18N2O3S2. The summed E-state index contributed by atoms with van der Waals surface area (Å²) >= 11 is 1.44. The van der Waals surface area contributed by atoms with Crippen molar-refractivity contribution in [2.75, 3.05) is 19.3 Å². The zero-order chi connectivity index (χ0) is 16.4. The van der Waals surface area contributed by atoms with Gasteiger partial charge in [0, 0.05) is 31.5 Å². The van der Waals surface area contributed by atoms with Crippen LogP contribution in [0, 0.1) is 0 Å². The number of carbonyl (C=O) groups excluding carboxylic acids is 1. The SMILES string of the molecule is CS(=O)(=O)c1cccnc1C1CCN(C(=O)c2cccs2)CC1. The highest BCUT2D eigenvalue weighted by molar-refractivity contribution is 7.90. The number of piperidine rings is 1. The zero-order valence-corrected chi connectivity index (χ0v) is 14.4. The van der Waals surface area contributed by atoms with Gasteiger partial charge in [-0.1, -0.05) is 6.07 Å². The van der Waals surface area contributed by atoms with Crippen LogP contribution in [0.2, 0.25) is 0 Å². The molecule has 0 bridgehead atoms. The number of likely N-dealkylation sites (tertiary alicyclic amines) is 1. The van der Waals surface area contributed by atoms with Crippen molar-refractivity contribution in [3.05, 3.63) is 46.4 Å². The minimum atomic E-state index is -3.29. The van der Waals surface area contributed by atoms with Crippen molar-refractivity contribution in [1.82, 2.24) is 9.88 Å². The topological polar surface area (TPSA) is 67.3 Å². The van der Waals surface area contributed by atoms with Gasteiger partial charge in [0.25, 0.3) is 5.91 Å². The van der Waals surface area contributed by atoms with E-state index in [0.29, 0.717) is 23.7 Å². The molecule has 0 aromatic carbocycles. The number of sulfone groups is 1. The second kappa shape index (κ2) is 6.41. The first kappa shape index (κ1) is 16.1. The van der Waals surface area contributed by atoms with Gasteiger partial charge in [-0.25, -0.2) is 8.42 Å². The summed E-state index contributed by atoms with van der Waals surface area (Å²) in [6.45, 7) is 1.25. The number of hydrogen-bond donors (Lipinski definition) is 0. The van der Waals surface area contributed by atoms with Crippen molar-refractivity contribution in [1.29, 1.82) is 0 Å². The number of pyridine rings is 1. The summed E-state index contributed by atoms with van der Waals surface area (Å²) in [6.07, 6.45) is 4.31. The maximum absolute atomic E-state index is 12.4. The third-order valence-corrected chi connectivity index (χ3v) is 6.10. The molecule has 1 aliphatic rings. The predicted octanol–water partition coefficient (Wildman–Crippen LogP) is 2.57. The van der Waals surface area contributed by atoms with E-state index in [4.69, 9.17) is 0 Å². The lowest BCUT2D eigenvalue weighted by Crippen LogP contribution is -2.37. The number of nitrogens with zero attached hydrogens (tertiary/aromatic N) is 2. The highest BCUT2D eigenvalue weighted by Gasteiger charge is 2.28.